The first-order chi connectivity index (χ1) is 10.1. The first-order valence-corrected chi connectivity index (χ1v) is 7.69. The van der Waals surface area contributed by atoms with Crippen LogP contribution in [0.4, 0.5) is 4.79 Å². The third-order valence-corrected chi connectivity index (χ3v) is 4.39. The molecule has 0 radical (unpaired) electrons. The molecule has 21 heavy (non-hydrogen) atoms. The van der Waals surface area contributed by atoms with Crippen molar-refractivity contribution in [3.05, 3.63) is 18.0 Å². The van der Waals surface area contributed by atoms with E-state index in [1.165, 1.54) is 0 Å². The van der Waals surface area contributed by atoms with Crippen LogP contribution in [0.1, 0.15) is 31.2 Å². The van der Waals surface area contributed by atoms with Crippen LogP contribution < -0.4 is 5.32 Å². The molecule has 1 aromatic heterocycles. The minimum absolute atomic E-state index is 0.00802. The molecule has 6 heteroatoms. The molecule has 1 fully saturated rings. The molecule has 2 N–H and O–H groups in total. The number of urea groups is 1. The van der Waals surface area contributed by atoms with Crippen LogP contribution in [-0.2, 0) is 13.5 Å². The van der Waals surface area contributed by atoms with Gasteiger partial charge in [0.2, 0.25) is 0 Å². The number of aromatic nitrogens is 2. The number of carbonyl (C=O) groups excluding carboxylic acids is 1. The zero-order chi connectivity index (χ0) is 15.2. The number of nitrogens with zero attached hydrogens (tertiary/aromatic N) is 3. The zero-order valence-corrected chi connectivity index (χ0v) is 13.0. The highest BCUT2D eigenvalue weighted by Crippen LogP contribution is 2.26. The third kappa shape index (κ3) is 4.46. The summed E-state index contributed by atoms with van der Waals surface area (Å²) in [5, 5.41) is 16.2. The topological polar surface area (TPSA) is 70.4 Å². The van der Waals surface area contributed by atoms with Crippen LogP contribution in [0.25, 0.3) is 0 Å². The number of hydrogen-bond donors (Lipinski definition) is 2. The maximum atomic E-state index is 12.1. The Labute approximate surface area is 126 Å². The van der Waals surface area contributed by atoms with Gasteiger partial charge in [0, 0.05) is 39.5 Å². The summed E-state index contributed by atoms with van der Waals surface area (Å²) in [7, 11) is 3.75. The van der Waals surface area contributed by atoms with E-state index < -0.39 is 0 Å². The molecule has 0 spiro atoms. The van der Waals surface area contributed by atoms with Gasteiger partial charge >= 0.3 is 6.03 Å². The van der Waals surface area contributed by atoms with E-state index in [4.69, 9.17) is 5.11 Å². The second kappa shape index (κ2) is 7.45. The highest BCUT2D eigenvalue weighted by Gasteiger charge is 2.25. The maximum absolute atomic E-state index is 12.1. The third-order valence-electron chi connectivity index (χ3n) is 4.39. The summed E-state index contributed by atoms with van der Waals surface area (Å²) in [6.45, 7) is 0.897. The normalized spacial score (nSPS) is 22.0. The van der Waals surface area contributed by atoms with Crippen LogP contribution in [0.5, 0.6) is 0 Å². The van der Waals surface area contributed by atoms with Crippen molar-refractivity contribution in [2.45, 2.75) is 38.1 Å². The van der Waals surface area contributed by atoms with Crippen molar-refractivity contribution >= 4 is 6.03 Å². The first-order valence-electron chi connectivity index (χ1n) is 7.69. The fraction of sp³-hybridized carbons (Fsp3) is 0.733. The number of nitrogens with one attached hydrogen (secondary N) is 1. The smallest absolute Gasteiger partial charge is 0.317 e. The Balaban J connectivity index is 1.70. The summed E-state index contributed by atoms with van der Waals surface area (Å²) in [6.07, 6.45) is 8.57. The molecule has 2 amide bonds. The van der Waals surface area contributed by atoms with Crippen molar-refractivity contribution in [2.75, 3.05) is 20.2 Å². The Morgan fingerprint density at radius 3 is 2.76 bits per heavy atom. The van der Waals surface area contributed by atoms with Gasteiger partial charge in [-0.05, 0) is 43.6 Å². The SMILES string of the molecule is CN(C(=O)NCCc1cnn(C)c1)C1CCC(CO)CC1. The Bertz CT molecular complexity index is 452. The van der Waals surface area contributed by atoms with Crippen LogP contribution in [-0.4, -0.2) is 52.1 Å². The van der Waals surface area contributed by atoms with Gasteiger partial charge < -0.3 is 15.3 Å². The molecule has 0 atom stereocenters. The lowest BCUT2D eigenvalue weighted by atomic mass is 9.86. The van der Waals surface area contributed by atoms with Crippen LogP contribution in [0, 0.1) is 5.92 Å². The van der Waals surface area contributed by atoms with Gasteiger partial charge in [0.1, 0.15) is 0 Å². The monoisotopic (exact) mass is 294 g/mol. The minimum atomic E-state index is -0.00802. The van der Waals surface area contributed by atoms with Gasteiger partial charge in [-0.1, -0.05) is 0 Å². The van der Waals surface area contributed by atoms with Gasteiger partial charge in [0.15, 0.2) is 0 Å². The summed E-state index contributed by atoms with van der Waals surface area (Å²) >= 11 is 0. The molecule has 118 valence electrons. The zero-order valence-electron chi connectivity index (χ0n) is 13.0. The molecule has 0 unspecified atom stereocenters. The van der Waals surface area contributed by atoms with E-state index in [9.17, 15) is 4.79 Å². The number of aryl methyl sites for hydroxylation is 1. The average Bonchev–Trinajstić information content (AvgIpc) is 2.92. The predicted octanol–water partition coefficient (Wildman–Crippen LogP) is 1.16. The molecule has 0 aliphatic heterocycles. The number of amides is 2. The summed E-state index contributed by atoms with van der Waals surface area (Å²) < 4.78 is 1.77. The van der Waals surface area contributed by atoms with E-state index in [0.717, 1.165) is 37.7 Å². The van der Waals surface area contributed by atoms with Gasteiger partial charge in [-0.25, -0.2) is 4.79 Å². The Morgan fingerprint density at radius 1 is 1.48 bits per heavy atom. The van der Waals surface area contributed by atoms with Crippen molar-refractivity contribution in [1.29, 1.82) is 0 Å². The number of rotatable bonds is 5. The molecular weight excluding hydrogens is 268 g/mol. The van der Waals surface area contributed by atoms with Crippen molar-refractivity contribution in [2.24, 2.45) is 13.0 Å². The number of hydrogen-bond acceptors (Lipinski definition) is 3. The highest BCUT2D eigenvalue weighted by atomic mass is 16.3. The molecule has 2 rings (SSSR count). The van der Waals surface area contributed by atoms with Gasteiger partial charge in [0.25, 0.3) is 0 Å². The van der Waals surface area contributed by atoms with Gasteiger partial charge in [-0.15, -0.1) is 0 Å². The lowest BCUT2D eigenvalue weighted by Gasteiger charge is -2.34. The fourth-order valence-corrected chi connectivity index (χ4v) is 2.92. The molecule has 1 saturated carbocycles. The largest absolute Gasteiger partial charge is 0.396 e. The van der Waals surface area contributed by atoms with E-state index in [1.807, 2.05) is 31.4 Å². The summed E-state index contributed by atoms with van der Waals surface area (Å²) in [5.41, 5.74) is 1.13. The summed E-state index contributed by atoms with van der Waals surface area (Å²) in [6, 6.07) is 0.289. The van der Waals surface area contributed by atoms with Crippen molar-refractivity contribution in [1.82, 2.24) is 20.0 Å². The van der Waals surface area contributed by atoms with Crippen molar-refractivity contribution in [3.63, 3.8) is 0 Å². The molecule has 1 aromatic rings. The molecule has 1 aliphatic carbocycles. The fourth-order valence-electron chi connectivity index (χ4n) is 2.92. The van der Waals surface area contributed by atoms with Crippen LogP contribution in [0.2, 0.25) is 0 Å². The van der Waals surface area contributed by atoms with E-state index >= 15 is 0 Å². The molecule has 1 heterocycles. The highest BCUT2D eigenvalue weighted by molar-refractivity contribution is 5.74. The molecule has 0 aromatic carbocycles. The molecular formula is C15H26N4O2. The summed E-state index contributed by atoms with van der Waals surface area (Å²) in [4.78, 5) is 13.9. The second-order valence-corrected chi connectivity index (χ2v) is 5.97. The number of carbonyl (C=O) groups is 1. The average molecular weight is 294 g/mol. The lowest BCUT2D eigenvalue weighted by Crippen LogP contribution is -2.45. The van der Waals surface area contributed by atoms with Crippen molar-refractivity contribution < 1.29 is 9.90 Å². The molecule has 6 nitrogen and oxygen atoms in total. The van der Waals surface area contributed by atoms with Crippen LogP contribution >= 0.6 is 0 Å². The van der Waals surface area contributed by atoms with Crippen molar-refractivity contribution in [3.8, 4) is 0 Å². The first kappa shape index (κ1) is 15.8. The van der Waals surface area contributed by atoms with E-state index in [2.05, 4.69) is 10.4 Å². The van der Waals surface area contributed by atoms with E-state index in [1.54, 1.807) is 4.68 Å². The van der Waals surface area contributed by atoms with E-state index in [0.29, 0.717) is 18.5 Å². The second-order valence-electron chi connectivity index (χ2n) is 5.97. The Morgan fingerprint density at radius 2 is 2.19 bits per heavy atom. The Hall–Kier alpha value is -1.56. The Kier molecular flexibility index (Phi) is 5.61. The molecule has 1 aliphatic rings. The predicted molar refractivity (Wildman–Crippen MR) is 80.9 cm³/mol. The van der Waals surface area contributed by atoms with Gasteiger partial charge in [0.05, 0.1) is 6.20 Å². The quantitative estimate of drug-likeness (QED) is 0.856. The van der Waals surface area contributed by atoms with E-state index in [-0.39, 0.29) is 12.6 Å². The standard InChI is InChI=1S/C15H26N4O2/c1-18-10-13(9-17-18)7-8-16-15(21)19(2)14-5-3-12(11-20)4-6-14/h9-10,12,14,20H,3-8,11H2,1-2H3,(H,16,21). The molecule has 0 saturated heterocycles. The number of aliphatic hydroxyl groups is 1. The van der Waals surface area contributed by atoms with Crippen LogP contribution in [0.3, 0.4) is 0 Å². The maximum Gasteiger partial charge on any atom is 0.317 e. The molecule has 0 bridgehead atoms. The van der Waals surface area contributed by atoms with Crippen LogP contribution in [0.15, 0.2) is 12.4 Å². The minimum Gasteiger partial charge on any atom is -0.396 e. The van der Waals surface area contributed by atoms with Gasteiger partial charge in [-0.3, -0.25) is 4.68 Å². The van der Waals surface area contributed by atoms with Gasteiger partial charge in [-0.2, -0.15) is 5.10 Å². The summed E-state index contributed by atoms with van der Waals surface area (Å²) in [5.74, 6) is 0.420. The lowest BCUT2D eigenvalue weighted by molar-refractivity contribution is 0.134. The number of aliphatic hydroxyl groups excluding tert-OH is 1.